The third-order valence-corrected chi connectivity index (χ3v) is 3.79. The Kier molecular flexibility index (Phi) is 6.03. The number of nitrogens with zero attached hydrogens (tertiary/aromatic N) is 1. The maximum absolute atomic E-state index is 12.6. The number of nitrogens with one attached hydrogen (secondary N) is 1. The van der Waals surface area contributed by atoms with Gasteiger partial charge in [0.1, 0.15) is 0 Å². The first-order chi connectivity index (χ1) is 8.99. The molecule has 0 bridgehead atoms. The predicted octanol–water partition coefficient (Wildman–Crippen LogP) is 2.57. The molecule has 0 heterocycles. The smallest absolute Gasteiger partial charge is 0.254 e. The van der Waals surface area contributed by atoms with E-state index in [0.717, 1.165) is 24.1 Å². The van der Waals surface area contributed by atoms with E-state index >= 15 is 0 Å². The molecule has 0 radical (unpaired) electrons. The molecule has 1 amide bonds. The fourth-order valence-corrected chi connectivity index (χ4v) is 2.03. The van der Waals surface area contributed by atoms with Crippen molar-refractivity contribution in [3.63, 3.8) is 0 Å². The summed E-state index contributed by atoms with van der Waals surface area (Å²) in [5.74, 6) is 0.575. The van der Waals surface area contributed by atoms with Crippen LogP contribution in [0.25, 0.3) is 0 Å². The van der Waals surface area contributed by atoms with Crippen LogP contribution in [0.3, 0.4) is 0 Å². The first kappa shape index (κ1) is 15.7. The Morgan fingerprint density at radius 2 is 1.89 bits per heavy atom. The highest BCUT2D eigenvalue weighted by molar-refractivity contribution is 5.95. The third kappa shape index (κ3) is 4.06. The summed E-state index contributed by atoms with van der Waals surface area (Å²) >= 11 is 0. The Bertz CT molecular complexity index is 415. The van der Waals surface area contributed by atoms with E-state index in [4.69, 9.17) is 0 Å². The second kappa shape index (κ2) is 7.29. The van der Waals surface area contributed by atoms with Crippen molar-refractivity contribution in [3.8, 4) is 0 Å². The van der Waals surface area contributed by atoms with Crippen LogP contribution in [0, 0.1) is 5.92 Å². The van der Waals surface area contributed by atoms with Gasteiger partial charge in [-0.25, -0.2) is 0 Å². The number of carbonyl (C=O) groups is 1. The molecule has 1 aromatic rings. The van der Waals surface area contributed by atoms with Crippen LogP contribution in [-0.4, -0.2) is 37.5 Å². The second-order valence-electron chi connectivity index (χ2n) is 5.41. The van der Waals surface area contributed by atoms with E-state index in [9.17, 15) is 4.79 Å². The van der Waals surface area contributed by atoms with Gasteiger partial charge in [-0.1, -0.05) is 32.0 Å². The van der Waals surface area contributed by atoms with Crippen LogP contribution < -0.4 is 5.32 Å². The molecular weight excluding hydrogens is 236 g/mol. The van der Waals surface area contributed by atoms with Crippen molar-refractivity contribution in [2.45, 2.75) is 33.2 Å². The minimum Gasteiger partial charge on any atom is -0.339 e. The normalized spacial score (nSPS) is 12.5. The lowest BCUT2D eigenvalue weighted by atomic mass is 10.0. The summed E-state index contributed by atoms with van der Waals surface area (Å²) in [6.45, 7) is 7.26. The zero-order chi connectivity index (χ0) is 14.4. The fourth-order valence-electron chi connectivity index (χ4n) is 2.03. The molecule has 0 aromatic heterocycles. The van der Waals surface area contributed by atoms with Gasteiger partial charge < -0.3 is 10.2 Å². The summed E-state index contributed by atoms with van der Waals surface area (Å²) in [4.78, 5) is 14.4. The molecule has 0 saturated heterocycles. The first-order valence-corrected chi connectivity index (χ1v) is 6.98. The molecule has 0 saturated carbocycles. The van der Waals surface area contributed by atoms with Crippen molar-refractivity contribution < 1.29 is 4.79 Å². The van der Waals surface area contributed by atoms with E-state index in [2.05, 4.69) is 26.1 Å². The molecule has 106 valence electrons. The minimum atomic E-state index is 0.118. The minimum absolute atomic E-state index is 0.118. The summed E-state index contributed by atoms with van der Waals surface area (Å²) < 4.78 is 0. The van der Waals surface area contributed by atoms with E-state index in [1.165, 1.54) is 0 Å². The van der Waals surface area contributed by atoms with Gasteiger partial charge in [-0.2, -0.15) is 0 Å². The molecule has 0 aliphatic heterocycles. The zero-order valence-corrected chi connectivity index (χ0v) is 12.7. The van der Waals surface area contributed by atoms with E-state index in [1.807, 2.05) is 43.3 Å². The quantitative estimate of drug-likeness (QED) is 0.854. The van der Waals surface area contributed by atoms with Crippen LogP contribution in [0.2, 0.25) is 0 Å². The number of amides is 1. The van der Waals surface area contributed by atoms with Gasteiger partial charge in [0, 0.05) is 18.7 Å². The average Bonchev–Trinajstić information content (AvgIpc) is 2.42. The largest absolute Gasteiger partial charge is 0.339 e. The van der Waals surface area contributed by atoms with Crippen LogP contribution in [0.1, 0.15) is 36.7 Å². The first-order valence-electron chi connectivity index (χ1n) is 6.98. The Morgan fingerprint density at radius 1 is 1.26 bits per heavy atom. The second-order valence-corrected chi connectivity index (χ2v) is 5.41. The fraction of sp³-hybridized carbons (Fsp3) is 0.562. The molecule has 1 aromatic carbocycles. The van der Waals surface area contributed by atoms with Gasteiger partial charge in [-0.05, 0) is 44.5 Å². The van der Waals surface area contributed by atoms with Crippen molar-refractivity contribution in [1.82, 2.24) is 10.2 Å². The molecule has 0 spiro atoms. The highest BCUT2D eigenvalue weighted by Gasteiger charge is 2.21. The van der Waals surface area contributed by atoms with Gasteiger partial charge in [-0.15, -0.1) is 0 Å². The third-order valence-electron chi connectivity index (χ3n) is 3.79. The van der Waals surface area contributed by atoms with Crippen LogP contribution in [0.15, 0.2) is 24.3 Å². The van der Waals surface area contributed by atoms with Crippen LogP contribution in [-0.2, 0) is 6.42 Å². The molecule has 0 aliphatic rings. The van der Waals surface area contributed by atoms with Gasteiger partial charge >= 0.3 is 0 Å². The van der Waals surface area contributed by atoms with E-state index < -0.39 is 0 Å². The maximum Gasteiger partial charge on any atom is 0.254 e. The Hall–Kier alpha value is -1.35. The average molecular weight is 262 g/mol. The Labute approximate surface area is 117 Å². The van der Waals surface area contributed by atoms with Crippen LogP contribution >= 0.6 is 0 Å². The van der Waals surface area contributed by atoms with Crippen molar-refractivity contribution in [2.24, 2.45) is 5.92 Å². The summed E-state index contributed by atoms with van der Waals surface area (Å²) in [6.07, 6.45) is 0.877. The van der Waals surface area contributed by atoms with Crippen molar-refractivity contribution >= 4 is 5.91 Å². The monoisotopic (exact) mass is 262 g/mol. The van der Waals surface area contributed by atoms with Gasteiger partial charge in [0.25, 0.3) is 5.91 Å². The van der Waals surface area contributed by atoms with E-state index in [0.29, 0.717) is 5.92 Å². The van der Waals surface area contributed by atoms with E-state index in [-0.39, 0.29) is 11.9 Å². The molecule has 1 N–H and O–H groups in total. The molecule has 0 fully saturated rings. The molecule has 1 rings (SSSR count). The SMILES string of the molecule is CNCCc1ccccc1C(=O)N(C)C(C)C(C)C. The number of hydrogen-bond donors (Lipinski definition) is 1. The van der Waals surface area contributed by atoms with Gasteiger partial charge in [0.15, 0.2) is 0 Å². The van der Waals surface area contributed by atoms with Crippen LogP contribution in [0.5, 0.6) is 0 Å². The summed E-state index contributed by atoms with van der Waals surface area (Å²) in [6, 6.07) is 8.14. The number of carbonyl (C=O) groups excluding carboxylic acids is 1. The molecule has 3 heteroatoms. The van der Waals surface area contributed by atoms with Crippen molar-refractivity contribution in [2.75, 3.05) is 20.6 Å². The number of benzene rings is 1. The summed E-state index contributed by atoms with van der Waals surface area (Å²) in [5, 5.41) is 3.13. The zero-order valence-electron chi connectivity index (χ0n) is 12.7. The molecular formula is C16H26N2O. The highest BCUT2D eigenvalue weighted by Crippen LogP contribution is 2.16. The van der Waals surface area contributed by atoms with Crippen LogP contribution in [0.4, 0.5) is 0 Å². The number of likely N-dealkylation sites (N-methyl/N-ethyl adjacent to an activating group) is 1. The molecule has 1 unspecified atom stereocenters. The lowest BCUT2D eigenvalue weighted by Crippen LogP contribution is -2.38. The topological polar surface area (TPSA) is 32.3 Å². The van der Waals surface area contributed by atoms with Crippen molar-refractivity contribution in [3.05, 3.63) is 35.4 Å². The molecule has 1 atom stereocenters. The Morgan fingerprint density at radius 3 is 2.47 bits per heavy atom. The van der Waals surface area contributed by atoms with Gasteiger partial charge in [0.05, 0.1) is 0 Å². The molecule has 3 nitrogen and oxygen atoms in total. The standard InChI is InChI=1S/C16H26N2O/c1-12(2)13(3)18(5)16(19)15-9-7-6-8-14(15)10-11-17-4/h6-9,12-13,17H,10-11H2,1-5H3. The highest BCUT2D eigenvalue weighted by atomic mass is 16.2. The predicted molar refractivity (Wildman–Crippen MR) is 80.5 cm³/mol. The van der Waals surface area contributed by atoms with E-state index in [1.54, 1.807) is 0 Å². The number of hydrogen-bond acceptors (Lipinski definition) is 2. The maximum atomic E-state index is 12.6. The van der Waals surface area contributed by atoms with Gasteiger partial charge in [-0.3, -0.25) is 4.79 Å². The molecule has 19 heavy (non-hydrogen) atoms. The summed E-state index contributed by atoms with van der Waals surface area (Å²) in [7, 11) is 3.82. The number of rotatable bonds is 6. The van der Waals surface area contributed by atoms with Crippen molar-refractivity contribution in [1.29, 1.82) is 0 Å². The lowest BCUT2D eigenvalue weighted by Gasteiger charge is -2.28. The molecule has 0 aliphatic carbocycles. The van der Waals surface area contributed by atoms with Gasteiger partial charge in [0.2, 0.25) is 0 Å². The Balaban J connectivity index is 2.92. The summed E-state index contributed by atoms with van der Waals surface area (Å²) in [5.41, 5.74) is 1.94. The lowest BCUT2D eigenvalue weighted by molar-refractivity contribution is 0.0706.